The molecule has 1 atom stereocenters. The van der Waals surface area contributed by atoms with Crippen LogP contribution in [0.2, 0.25) is 0 Å². The molecular formula is C23H23FN4OS. The van der Waals surface area contributed by atoms with E-state index in [1.807, 2.05) is 27.7 Å². The molecule has 1 aliphatic heterocycles. The fourth-order valence-corrected chi connectivity index (χ4v) is 4.99. The van der Waals surface area contributed by atoms with Gasteiger partial charge in [-0.25, -0.2) is 4.39 Å². The van der Waals surface area contributed by atoms with Gasteiger partial charge in [0, 0.05) is 17.8 Å². The summed E-state index contributed by atoms with van der Waals surface area (Å²) in [5, 5.41) is 9.27. The number of carbonyl (C=O) groups is 1. The number of halogens is 1. The van der Waals surface area contributed by atoms with Gasteiger partial charge in [-0.2, -0.15) is 0 Å². The molecule has 1 aromatic heterocycles. The summed E-state index contributed by atoms with van der Waals surface area (Å²) in [6.45, 7) is 2.10. The van der Waals surface area contributed by atoms with Gasteiger partial charge in [0.15, 0.2) is 11.0 Å². The predicted octanol–water partition coefficient (Wildman–Crippen LogP) is 4.88. The molecule has 0 radical (unpaired) electrons. The molecule has 3 aromatic rings. The molecule has 0 bridgehead atoms. The average Bonchev–Trinajstić information content (AvgIpc) is 3.51. The van der Waals surface area contributed by atoms with Gasteiger partial charge in [0.1, 0.15) is 5.82 Å². The highest BCUT2D eigenvalue weighted by atomic mass is 32.2. The van der Waals surface area contributed by atoms with E-state index in [4.69, 9.17) is 0 Å². The smallest absolute Gasteiger partial charge is 0.237 e. The molecule has 1 saturated carbocycles. The number of para-hydroxylation sites is 1. The standard InChI is InChI=1S/C23H23FN4OS/c1-15-10-11-16-6-2-5-9-20(16)27(15)21(29)14-30-23-26-25-22(28(23)17-12-13-17)18-7-3-4-8-19(18)24/h2-9,15,17H,10-14H2,1H3. The summed E-state index contributed by atoms with van der Waals surface area (Å²) >= 11 is 1.39. The van der Waals surface area contributed by atoms with E-state index in [-0.39, 0.29) is 29.6 Å². The van der Waals surface area contributed by atoms with Crippen LogP contribution in [0.1, 0.15) is 37.8 Å². The monoisotopic (exact) mass is 422 g/mol. The lowest BCUT2D eigenvalue weighted by molar-refractivity contribution is -0.116. The summed E-state index contributed by atoms with van der Waals surface area (Å²) in [6.07, 6.45) is 4.01. The number of rotatable bonds is 5. The molecule has 1 unspecified atom stereocenters. The molecule has 0 saturated heterocycles. The van der Waals surface area contributed by atoms with Crippen molar-refractivity contribution in [2.75, 3.05) is 10.7 Å². The third-order valence-electron chi connectivity index (χ3n) is 5.81. The Hall–Kier alpha value is -2.67. The highest BCUT2D eigenvalue weighted by Crippen LogP contribution is 2.41. The summed E-state index contributed by atoms with van der Waals surface area (Å²) in [5.41, 5.74) is 2.68. The molecular weight excluding hydrogens is 399 g/mol. The van der Waals surface area contributed by atoms with E-state index >= 15 is 0 Å². The van der Waals surface area contributed by atoms with Crippen molar-refractivity contribution in [1.82, 2.24) is 14.8 Å². The molecule has 0 spiro atoms. The molecule has 30 heavy (non-hydrogen) atoms. The van der Waals surface area contributed by atoms with Gasteiger partial charge in [-0.05, 0) is 56.4 Å². The number of carbonyl (C=O) groups excluding carboxylic acids is 1. The van der Waals surface area contributed by atoms with Crippen molar-refractivity contribution >= 4 is 23.4 Å². The van der Waals surface area contributed by atoms with Crippen LogP contribution in [0, 0.1) is 5.82 Å². The molecule has 1 aliphatic carbocycles. The quantitative estimate of drug-likeness (QED) is 0.550. The third kappa shape index (κ3) is 3.51. The van der Waals surface area contributed by atoms with Gasteiger partial charge in [-0.15, -0.1) is 10.2 Å². The number of hydrogen-bond donors (Lipinski definition) is 0. The van der Waals surface area contributed by atoms with Crippen LogP contribution in [0.5, 0.6) is 0 Å². The van der Waals surface area contributed by atoms with Gasteiger partial charge in [0.2, 0.25) is 5.91 Å². The first-order valence-corrected chi connectivity index (χ1v) is 11.3. The van der Waals surface area contributed by atoms with Crippen LogP contribution in [0.25, 0.3) is 11.4 Å². The first-order valence-electron chi connectivity index (χ1n) is 10.4. The Morgan fingerprint density at radius 1 is 1.10 bits per heavy atom. The minimum absolute atomic E-state index is 0.0671. The molecule has 2 aliphatic rings. The second kappa shape index (κ2) is 7.87. The first kappa shape index (κ1) is 19.3. The maximum absolute atomic E-state index is 14.3. The van der Waals surface area contributed by atoms with E-state index in [0.29, 0.717) is 16.5 Å². The van der Waals surface area contributed by atoms with Crippen molar-refractivity contribution in [3.63, 3.8) is 0 Å². The number of anilines is 1. The van der Waals surface area contributed by atoms with Crippen molar-refractivity contribution in [2.24, 2.45) is 0 Å². The average molecular weight is 423 g/mol. The van der Waals surface area contributed by atoms with Crippen molar-refractivity contribution in [3.8, 4) is 11.4 Å². The third-order valence-corrected chi connectivity index (χ3v) is 6.74. The van der Waals surface area contributed by atoms with Crippen LogP contribution < -0.4 is 4.90 Å². The number of nitrogens with zero attached hydrogens (tertiary/aromatic N) is 4. The van der Waals surface area contributed by atoms with Gasteiger partial charge in [-0.1, -0.05) is 42.1 Å². The Labute approximate surface area is 179 Å². The zero-order chi connectivity index (χ0) is 20.7. The number of thioether (sulfide) groups is 1. The second-order valence-corrected chi connectivity index (χ2v) is 8.90. The van der Waals surface area contributed by atoms with Gasteiger partial charge in [-0.3, -0.25) is 9.36 Å². The van der Waals surface area contributed by atoms with Crippen LogP contribution in [0.4, 0.5) is 10.1 Å². The maximum Gasteiger partial charge on any atom is 0.237 e. The molecule has 7 heteroatoms. The number of aryl methyl sites for hydroxylation is 1. The fraction of sp³-hybridized carbons (Fsp3) is 0.348. The summed E-state index contributed by atoms with van der Waals surface area (Å²) in [5.74, 6) is 0.582. The minimum atomic E-state index is -0.307. The van der Waals surface area contributed by atoms with E-state index in [9.17, 15) is 9.18 Å². The van der Waals surface area contributed by atoms with E-state index < -0.39 is 0 Å². The lowest BCUT2D eigenvalue weighted by Gasteiger charge is -2.35. The molecule has 154 valence electrons. The van der Waals surface area contributed by atoms with E-state index in [1.165, 1.54) is 23.4 Å². The van der Waals surface area contributed by atoms with Crippen molar-refractivity contribution < 1.29 is 9.18 Å². The SMILES string of the molecule is CC1CCc2ccccc2N1C(=O)CSc1nnc(-c2ccccc2F)n1C1CC1. The van der Waals surface area contributed by atoms with E-state index in [0.717, 1.165) is 31.4 Å². The Morgan fingerprint density at radius 3 is 2.67 bits per heavy atom. The minimum Gasteiger partial charge on any atom is -0.309 e. The van der Waals surface area contributed by atoms with Crippen molar-refractivity contribution in [2.45, 2.75) is 49.8 Å². The molecule has 5 rings (SSSR count). The molecule has 2 aromatic carbocycles. The highest BCUT2D eigenvalue weighted by molar-refractivity contribution is 7.99. The number of benzene rings is 2. The lowest BCUT2D eigenvalue weighted by Crippen LogP contribution is -2.43. The largest absolute Gasteiger partial charge is 0.309 e. The zero-order valence-corrected chi connectivity index (χ0v) is 17.6. The van der Waals surface area contributed by atoms with Crippen LogP contribution >= 0.6 is 11.8 Å². The summed E-state index contributed by atoms with van der Waals surface area (Å²) in [4.78, 5) is 15.1. The van der Waals surface area contributed by atoms with Crippen molar-refractivity contribution in [3.05, 3.63) is 59.9 Å². The summed E-state index contributed by atoms with van der Waals surface area (Å²) in [6, 6.07) is 15.2. The predicted molar refractivity (Wildman–Crippen MR) is 116 cm³/mol. The number of fused-ring (bicyclic) bond motifs is 1. The van der Waals surface area contributed by atoms with Crippen LogP contribution in [-0.2, 0) is 11.2 Å². The topological polar surface area (TPSA) is 51.0 Å². The van der Waals surface area contributed by atoms with Gasteiger partial charge < -0.3 is 4.90 Å². The normalized spacial score (nSPS) is 18.3. The van der Waals surface area contributed by atoms with Crippen LogP contribution in [0.15, 0.2) is 53.7 Å². The zero-order valence-electron chi connectivity index (χ0n) is 16.8. The molecule has 5 nitrogen and oxygen atoms in total. The first-order chi connectivity index (χ1) is 14.6. The molecule has 2 heterocycles. The highest BCUT2D eigenvalue weighted by Gasteiger charge is 2.32. The van der Waals surface area contributed by atoms with Gasteiger partial charge >= 0.3 is 0 Å². The Bertz CT molecular complexity index is 1090. The van der Waals surface area contributed by atoms with Crippen LogP contribution in [0.3, 0.4) is 0 Å². The molecule has 1 fully saturated rings. The second-order valence-electron chi connectivity index (χ2n) is 7.96. The number of amides is 1. The number of aromatic nitrogens is 3. The maximum atomic E-state index is 14.3. The summed E-state index contributed by atoms with van der Waals surface area (Å²) in [7, 11) is 0. The Balaban J connectivity index is 1.39. The molecule has 0 N–H and O–H groups in total. The Kier molecular flexibility index (Phi) is 5.06. The van der Waals surface area contributed by atoms with E-state index in [1.54, 1.807) is 18.2 Å². The Morgan fingerprint density at radius 2 is 1.87 bits per heavy atom. The van der Waals surface area contributed by atoms with Crippen molar-refractivity contribution in [1.29, 1.82) is 0 Å². The number of hydrogen-bond acceptors (Lipinski definition) is 4. The fourth-order valence-electron chi connectivity index (χ4n) is 4.13. The van der Waals surface area contributed by atoms with Crippen LogP contribution in [-0.4, -0.2) is 32.5 Å². The van der Waals surface area contributed by atoms with Gasteiger partial charge in [0.05, 0.1) is 11.3 Å². The van der Waals surface area contributed by atoms with E-state index in [2.05, 4.69) is 23.2 Å². The summed E-state index contributed by atoms with van der Waals surface area (Å²) < 4.78 is 16.3. The van der Waals surface area contributed by atoms with Gasteiger partial charge in [0.25, 0.3) is 0 Å². The lowest BCUT2D eigenvalue weighted by atomic mass is 9.97. The molecule has 1 amide bonds.